The number of hydrogen-bond donors (Lipinski definition) is 2. The molecule has 20 heavy (non-hydrogen) atoms. The molecule has 1 aromatic heterocycles. The molecule has 1 fully saturated rings. The quantitative estimate of drug-likeness (QED) is 0.894. The Morgan fingerprint density at radius 1 is 1.35 bits per heavy atom. The molecule has 0 radical (unpaired) electrons. The smallest absolute Gasteiger partial charge is 0.306 e. The van der Waals surface area contributed by atoms with Crippen LogP contribution in [0.25, 0.3) is 0 Å². The van der Waals surface area contributed by atoms with Crippen molar-refractivity contribution < 1.29 is 14.7 Å². The third-order valence-corrected chi connectivity index (χ3v) is 3.94. The minimum atomic E-state index is -0.712. The largest absolute Gasteiger partial charge is 0.481 e. The molecule has 0 aromatic carbocycles. The number of carboxylic acid groups (broad SMARTS) is 1. The van der Waals surface area contributed by atoms with Crippen LogP contribution in [0.4, 0.5) is 0 Å². The fraction of sp³-hybridized carbons (Fsp3) is 0.500. The van der Waals surface area contributed by atoms with Gasteiger partial charge in [-0.3, -0.25) is 14.6 Å². The molecule has 1 aliphatic rings. The van der Waals surface area contributed by atoms with Crippen molar-refractivity contribution in [1.82, 2.24) is 10.3 Å². The highest BCUT2D eigenvalue weighted by Gasteiger charge is 2.26. The zero-order valence-corrected chi connectivity index (χ0v) is 11.8. The SMILES string of the molecule is O=C(NCC1CCC(C(=O)O)CC1)c1cc(Cl)ccn1. The van der Waals surface area contributed by atoms with Crippen LogP contribution in [-0.4, -0.2) is 28.5 Å². The molecule has 0 unspecified atom stereocenters. The third-order valence-electron chi connectivity index (χ3n) is 3.70. The lowest BCUT2D eigenvalue weighted by Crippen LogP contribution is -2.32. The van der Waals surface area contributed by atoms with E-state index in [0.29, 0.717) is 36.0 Å². The van der Waals surface area contributed by atoms with Crippen molar-refractivity contribution in [3.8, 4) is 0 Å². The van der Waals surface area contributed by atoms with Gasteiger partial charge < -0.3 is 10.4 Å². The van der Waals surface area contributed by atoms with Gasteiger partial charge in [0.1, 0.15) is 5.69 Å². The minimum Gasteiger partial charge on any atom is -0.481 e. The number of carbonyl (C=O) groups excluding carboxylic acids is 1. The second kappa shape index (κ2) is 6.70. The predicted molar refractivity (Wildman–Crippen MR) is 74.7 cm³/mol. The Morgan fingerprint density at radius 3 is 2.65 bits per heavy atom. The van der Waals surface area contributed by atoms with Gasteiger partial charge in [0.25, 0.3) is 5.91 Å². The third kappa shape index (κ3) is 3.93. The van der Waals surface area contributed by atoms with Gasteiger partial charge >= 0.3 is 5.97 Å². The lowest BCUT2D eigenvalue weighted by atomic mass is 9.82. The molecule has 2 N–H and O–H groups in total. The fourth-order valence-electron chi connectivity index (χ4n) is 2.47. The van der Waals surface area contributed by atoms with Crippen molar-refractivity contribution in [3.05, 3.63) is 29.0 Å². The average molecular weight is 297 g/mol. The van der Waals surface area contributed by atoms with Crippen LogP contribution in [0.2, 0.25) is 5.02 Å². The first-order valence-electron chi connectivity index (χ1n) is 6.69. The van der Waals surface area contributed by atoms with Gasteiger partial charge in [-0.1, -0.05) is 11.6 Å². The Labute approximate surface area is 122 Å². The molecule has 1 heterocycles. The number of hydrogen-bond acceptors (Lipinski definition) is 3. The molecule has 0 spiro atoms. The number of carboxylic acids is 1. The van der Waals surface area contributed by atoms with Crippen molar-refractivity contribution in [2.24, 2.45) is 11.8 Å². The summed E-state index contributed by atoms with van der Waals surface area (Å²) in [4.78, 5) is 26.7. The molecule has 5 nitrogen and oxygen atoms in total. The molecule has 1 amide bonds. The monoisotopic (exact) mass is 296 g/mol. The summed E-state index contributed by atoms with van der Waals surface area (Å²) in [6.07, 6.45) is 4.53. The molecule has 0 saturated heterocycles. The minimum absolute atomic E-state index is 0.225. The normalized spacial score (nSPS) is 22.2. The summed E-state index contributed by atoms with van der Waals surface area (Å²) < 4.78 is 0. The van der Waals surface area contributed by atoms with E-state index in [0.717, 1.165) is 12.8 Å². The van der Waals surface area contributed by atoms with E-state index in [-0.39, 0.29) is 11.8 Å². The summed E-state index contributed by atoms with van der Waals surface area (Å²) in [7, 11) is 0. The fourth-order valence-corrected chi connectivity index (χ4v) is 2.63. The molecule has 1 saturated carbocycles. The van der Waals surface area contributed by atoms with Crippen LogP contribution in [0, 0.1) is 11.8 Å². The summed E-state index contributed by atoms with van der Waals surface area (Å²) in [6.45, 7) is 0.555. The first-order chi connectivity index (χ1) is 9.56. The van der Waals surface area contributed by atoms with Gasteiger partial charge in [-0.15, -0.1) is 0 Å². The van der Waals surface area contributed by atoms with Crippen molar-refractivity contribution in [2.75, 3.05) is 6.54 Å². The average Bonchev–Trinajstić information content (AvgIpc) is 2.45. The molecular weight excluding hydrogens is 280 g/mol. The maximum absolute atomic E-state index is 11.9. The Bertz CT molecular complexity index is 499. The number of aliphatic carboxylic acids is 1. The van der Waals surface area contributed by atoms with Crippen LogP contribution in [0.1, 0.15) is 36.2 Å². The van der Waals surface area contributed by atoms with Gasteiger partial charge in [0, 0.05) is 17.8 Å². The van der Waals surface area contributed by atoms with E-state index in [4.69, 9.17) is 16.7 Å². The highest BCUT2D eigenvalue weighted by atomic mass is 35.5. The van der Waals surface area contributed by atoms with Crippen molar-refractivity contribution in [1.29, 1.82) is 0 Å². The molecule has 0 aliphatic heterocycles. The Kier molecular flexibility index (Phi) is 4.95. The molecular formula is C14H17ClN2O3. The van der Waals surface area contributed by atoms with E-state index in [2.05, 4.69) is 10.3 Å². The molecule has 1 aromatic rings. The number of pyridine rings is 1. The molecule has 108 valence electrons. The van der Waals surface area contributed by atoms with E-state index in [1.807, 2.05) is 0 Å². The number of carbonyl (C=O) groups is 2. The highest BCUT2D eigenvalue weighted by molar-refractivity contribution is 6.30. The molecule has 2 rings (SSSR count). The highest BCUT2D eigenvalue weighted by Crippen LogP contribution is 2.28. The number of halogens is 1. The van der Waals surface area contributed by atoms with Crippen molar-refractivity contribution in [2.45, 2.75) is 25.7 Å². The van der Waals surface area contributed by atoms with Crippen LogP contribution in [0.3, 0.4) is 0 Å². The number of amides is 1. The summed E-state index contributed by atoms with van der Waals surface area (Å²) in [6, 6.07) is 3.14. The van der Waals surface area contributed by atoms with Crippen LogP contribution in [0.5, 0.6) is 0 Å². The van der Waals surface area contributed by atoms with Gasteiger partial charge in [0.15, 0.2) is 0 Å². The Morgan fingerprint density at radius 2 is 2.05 bits per heavy atom. The van der Waals surface area contributed by atoms with E-state index < -0.39 is 5.97 Å². The van der Waals surface area contributed by atoms with Gasteiger partial charge in [-0.25, -0.2) is 0 Å². The molecule has 1 aliphatic carbocycles. The first-order valence-corrected chi connectivity index (χ1v) is 7.06. The summed E-state index contributed by atoms with van der Waals surface area (Å²) in [5.41, 5.74) is 0.303. The van der Waals surface area contributed by atoms with E-state index in [9.17, 15) is 9.59 Å². The summed E-state index contributed by atoms with van der Waals surface area (Å²) in [5, 5.41) is 12.2. The summed E-state index contributed by atoms with van der Waals surface area (Å²) >= 11 is 5.81. The van der Waals surface area contributed by atoms with E-state index >= 15 is 0 Å². The van der Waals surface area contributed by atoms with E-state index in [1.54, 1.807) is 6.07 Å². The van der Waals surface area contributed by atoms with Gasteiger partial charge in [-0.2, -0.15) is 0 Å². The second-order valence-corrected chi connectivity index (χ2v) is 5.56. The van der Waals surface area contributed by atoms with Gasteiger partial charge in [0.2, 0.25) is 0 Å². The molecule has 0 bridgehead atoms. The zero-order chi connectivity index (χ0) is 14.5. The van der Waals surface area contributed by atoms with Crippen molar-refractivity contribution >= 4 is 23.5 Å². The molecule has 6 heteroatoms. The lowest BCUT2D eigenvalue weighted by Gasteiger charge is -2.26. The van der Waals surface area contributed by atoms with Gasteiger partial charge in [0.05, 0.1) is 5.92 Å². The first kappa shape index (κ1) is 14.8. The van der Waals surface area contributed by atoms with Crippen molar-refractivity contribution in [3.63, 3.8) is 0 Å². The Hall–Kier alpha value is -1.62. The van der Waals surface area contributed by atoms with Gasteiger partial charge in [-0.05, 0) is 43.7 Å². The maximum Gasteiger partial charge on any atom is 0.306 e. The van der Waals surface area contributed by atoms with Crippen LogP contribution >= 0.6 is 11.6 Å². The number of nitrogens with one attached hydrogen (secondary N) is 1. The standard InChI is InChI=1S/C14H17ClN2O3/c15-11-5-6-16-12(7-11)13(18)17-8-9-1-3-10(4-2-9)14(19)20/h5-7,9-10H,1-4,8H2,(H,17,18)(H,19,20). The molecule has 0 atom stereocenters. The summed E-state index contributed by atoms with van der Waals surface area (Å²) in [5.74, 6) is -0.839. The zero-order valence-electron chi connectivity index (χ0n) is 11.0. The maximum atomic E-state index is 11.9. The number of nitrogens with zero attached hydrogens (tertiary/aromatic N) is 1. The number of aromatic nitrogens is 1. The van der Waals surface area contributed by atoms with Crippen LogP contribution in [0.15, 0.2) is 18.3 Å². The van der Waals surface area contributed by atoms with Crippen LogP contribution in [-0.2, 0) is 4.79 Å². The Balaban J connectivity index is 1.79. The topological polar surface area (TPSA) is 79.3 Å². The van der Waals surface area contributed by atoms with Crippen LogP contribution < -0.4 is 5.32 Å². The predicted octanol–water partition coefficient (Wildman–Crippen LogP) is 2.36. The second-order valence-electron chi connectivity index (χ2n) is 5.13. The lowest BCUT2D eigenvalue weighted by molar-refractivity contribution is -0.143. The van der Waals surface area contributed by atoms with E-state index in [1.165, 1.54) is 12.3 Å². The number of rotatable bonds is 4.